The van der Waals surface area contributed by atoms with E-state index in [9.17, 15) is 4.79 Å². The summed E-state index contributed by atoms with van der Waals surface area (Å²) >= 11 is 0. The average molecular weight is 399 g/mol. The number of aromatic nitrogens is 2. The predicted molar refractivity (Wildman–Crippen MR) is 114 cm³/mol. The molecular weight excluding hydrogens is 378 g/mol. The largest absolute Gasteiger partial charge is 0.483 e. The summed E-state index contributed by atoms with van der Waals surface area (Å²) in [6.07, 6.45) is 0. The summed E-state index contributed by atoms with van der Waals surface area (Å²) in [6, 6.07) is 24.9. The van der Waals surface area contributed by atoms with Crippen molar-refractivity contribution in [2.45, 2.75) is 13.5 Å². The third-order valence-corrected chi connectivity index (χ3v) is 4.62. The predicted octanol–water partition coefficient (Wildman–Crippen LogP) is 4.41. The Morgan fingerprint density at radius 2 is 1.63 bits per heavy atom. The molecule has 3 aromatic carbocycles. The molecule has 0 saturated heterocycles. The van der Waals surface area contributed by atoms with Crippen molar-refractivity contribution >= 4 is 5.91 Å². The van der Waals surface area contributed by atoms with Crippen molar-refractivity contribution in [2.75, 3.05) is 6.61 Å². The number of aryl methyl sites for hydroxylation is 1. The molecule has 0 aliphatic heterocycles. The van der Waals surface area contributed by atoms with Gasteiger partial charge < -0.3 is 14.6 Å². The van der Waals surface area contributed by atoms with Crippen molar-refractivity contribution in [3.05, 3.63) is 90.0 Å². The Balaban J connectivity index is 1.44. The third kappa shape index (κ3) is 4.55. The van der Waals surface area contributed by atoms with Gasteiger partial charge in [0.1, 0.15) is 5.75 Å². The second-order valence-electron chi connectivity index (χ2n) is 6.79. The molecule has 6 heteroatoms. The highest BCUT2D eigenvalue weighted by Gasteiger charge is 2.16. The zero-order valence-corrected chi connectivity index (χ0v) is 16.5. The van der Waals surface area contributed by atoms with Crippen LogP contribution in [-0.2, 0) is 11.3 Å². The first kappa shape index (κ1) is 19.4. The van der Waals surface area contributed by atoms with Crippen molar-refractivity contribution in [2.24, 2.45) is 0 Å². The number of para-hydroxylation sites is 1. The second kappa shape index (κ2) is 9.05. The number of nitrogens with one attached hydrogen (secondary N) is 1. The van der Waals surface area contributed by atoms with Gasteiger partial charge in [-0.15, -0.1) is 0 Å². The van der Waals surface area contributed by atoms with Crippen LogP contribution in [0.15, 0.2) is 83.4 Å². The molecular formula is C24H21N3O3. The van der Waals surface area contributed by atoms with Crippen LogP contribution < -0.4 is 10.1 Å². The van der Waals surface area contributed by atoms with E-state index in [1.165, 1.54) is 0 Å². The molecule has 0 saturated carbocycles. The molecule has 1 aromatic heterocycles. The van der Waals surface area contributed by atoms with Crippen LogP contribution in [0.1, 0.15) is 11.1 Å². The van der Waals surface area contributed by atoms with E-state index >= 15 is 0 Å². The van der Waals surface area contributed by atoms with Crippen LogP contribution >= 0.6 is 0 Å². The molecule has 0 radical (unpaired) electrons. The topological polar surface area (TPSA) is 77.2 Å². The molecule has 0 unspecified atom stereocenters. The summed E-state index contributed by atoms with van der Waals surface area (Å²) < 4.78 is 11.2. The van der Waals surface area contributed by atoms with Crippen LogP contribution in [0, 0.1) is 6.92 Å². The maximum Gasteiger partial charge on any atom is 0.262 e. The molecule has 0 atom stereocenters. The van der Waals surface area contributed by atoms with E-state index in [1.807, 2.05) is 79.7 Å². The van der Waals surface area contributed by atoms with E-state index < -0.39 is 0 Å². The minimum Gasteiger partial charge on any atom is -0.483 e. The number of ether oxygens (including phenoxy) is 1. The van der Waals surface area contributed by atoms with Gasteiger partial charge in [0.2, 0.25) is 5.82 Å². The number of benzene rings is 3. The normalized spacial score (nSPS) is 10.6. The van der Waals surface area contributed by atoms with E-state index in [-0.39, 0.29) is 12.5 Å². The molecule has 0 spiro atoms. The van der Waals surface area contributed by atoms with Gasteiger partial charge in [-0.3, -0.25) is 4.79 Å². The van der Waals surface area contributed by atoms with Crippen molar-refractivity contribution in [1.82, 2.24) is 15.5 Å². The van der Waals surface area contributed by atoms with Gasteiger partial charge in [-0.1, -0.05) is 71.9 Å². The molecule has 1 N–H and O–H groups in total. The fourth-order valence-electron chi connectivity index (χ4n) is 3.03. The van der Waals surface area contributed by atoms with E-state index in [0.717, 1.165) is 16.7 Å². The molecule has 0 bridgehead atoms. The number of rotatable bonds is 7. The average Bonchev–Trinajstić information content (AvgIpc) is 3.27. The van der Waals surface area contributed by atoms with Crippen LogP contribution in [-0.4, -0.2) is 22.7 Å². The number of carbonyl (C=O) groups is 1. The Labute approximate surface area is 174 Å². The summed E-state index contributed by atoms with van der Waals surface area (Å²) in [4.78, 5) is 16.7. The van der Waals surface area contributed by atoms with Crippen molar-refractivity contribution in [3.8, 4) is 28.6 Å². The van der Waals surface area contributed by atoms with Gasteiger partial charge in [0.25, 0.3) is 11.8 Å². The van der Waals surface area contributed by atoms with Crippen LogP contribution in [0.25, 0.3) is 22.8 Å². The smallest absolute Gasteiger partial charge is 0.262 e. The second-order valence-corrected chi connectivity index (χ2v) is 6.79. The molecule has 30 heavy (non-hydrogen) atoms. The Kier molecular flexibility index (Phi) is 5.85. The Morgan fingerprint density at radius 1 is 0.933 bits per heavy atom. The van der Waals surface area contributed by atoms with Crippen LogP contribution in [0.5, 0.6) is 5.75 Å². The van der Waals surface area contributed by atoms with Crippen molar-refractivity contribution < 1.29 is 14.1 Å². The lowest BCUT2D eigenvalue weighted by molar-refractivity contribution is -0.123. The fourth-order valence-corrected chi connectivity index (χ4v) is 3.03. The molecule has 1 heterocycles. The lowest BCUT2D eigenvalue weighted by Gasteiger charge is -2.09. The molecule has 150 valence electrons. The maximum atomic E-state index is 12.2. The molecule has 4 rings (SSSR count). The summed E-state index contributed by atoms with van der Waals surface area (Å²) in [5, 5.41) is 6.95. The van der Waals surface area contributed by atoms with Gasteiger partial charge in [0.05, 0.1) is 5.56 Å². The number of amides is 1. The van der Waals surface area contributed by atoms with Crippen molar-refractivity contribution in [1.29, 1.82) is 0 Å². The molecule has 0 aliphatic rings. The molecule has 0 aliphatic carbocycles. The lowest BCUT2D eigenvalue weighted by atomic mass is 10.1. The Bertz CT molecular complexity index is 1140. The summed E-state index contributed by atoms with van der Waals surface area (Å²) in [5.74, 6) is 1.15. The molecule has 1 amide bonds. The monoisotopic (exact) mass is 399 g/mol. The van der Waals surface area contributed by atoms with Gasteiger partial charge in [0, 0.05) is 12.1 Å². The van der Waals surface area contributed by atoms with Crippen LogP contribution in [0.3, 0.4) is 0 Å². The maximum absolute atomic E-state index is 12.2. The van der Waals surface area contributed by atoms with Crippen LogP contribution in [0.4, 0.5) is 0 Å². The molecule has 6 nitrogen and oxygen atoms in total. The van der Waals surface area contributed by atoms with Crippen LogP contribution in [0.2, 0.25) is 0 Å². The highest BCUT2D eigenvalue weighted by atomic mass is 16.5. The number of nitrogens with zero attached hydrogens (tertiary/aromatic N) is 2. The van der Waals surface area contributed by atoms with Crippen molar-refractivity contribution in [3.63, 3.8) is 0 Å². The molecule has 4 aromatic rings. The first-order valence-electron chi connectivity index (χ1n) is 9.63. The van der Waals surface area contributed by atoms with E-state index in [2.05, 4.69) is 15.5 Å². The zero-order chi connectivity index (χ0) is 20.8. The SMILES string of the molecule is Cc1ccccc1-c1noc(-c2ccccc2OCC(=O)NCc2ccccc2)n1. The minimum atomic E-state index is -0.209. The minimum absolute atomic E-state index is 0.108. The Morgan fingerprint density at radius 3 is 2.43 bits per heavy atom. The van der Waals surface area contributed by atoms with E-state index in [4.69, 9.17) is 9.26 Å². The highest BCUT2D eigenvalue weighted by Crippen LogP contribution is 2.30. The highest BCUT2D eigenvalue weighted by molar-refractivity contribution is 5.78. The fraction of sp³-hybridized carbons (Fsp3) is 0.125. The third-order valence-electron chi connectivity index (χ3n) is 4.62. The standard InChI is InChI=1S/C24H21N3O3/c1-17-9-5-6-12-19(17)23-26-24(30-27-23)20-13-7-8-14-21(20)29-16-22(28)25-15-18-10-3-2-4-11-18/h2-14H,15-16H2,1H3,(H,25,28). The number of hydrogen-bond acceptors (Lipinski definition) is 5. The van der Waals surface area contributed by atoms with Gasteiger partial charge in [-0.05, 0) is 30.2 Å². The summed E-state index contributed by atoms with van der Waals surface area (Å²) in [5.41, 5.74) is 3.64. The number of hydrogen-bond donors (Lipinski definition) is 1. The van der Waals surface area contributed by atoms with E-state index in [0.29, 0.717) is 29.6 Å². The molecule has 0 fully saturated rings. The lowest BCUT2D eigenvalue weighted by Crippen LogP contribution is -2.28. The van der Waals surface area contributed by atoms with Gasteiger partial charge >= 0.3 is 0 Å². The van der Waals surface area contributed by atoms with Gasteiger partial charge in [-0.25, -0.2) is 0 Å². The number of carbonyl (C=O) groups excluding carboxylic acids is 1. The zero-order valence-electron chi connectivity index (χ0n) is 16.5. The van der Waals surface area contributed by atoms with E-state index in [1.54, 1.807) is 6.07 Å². The quantitative estimate of drug-likeness (QED) is 0.498. The summed E-state index contributed by atoms with van der Waals surface area (Å²) in [6.45, 7) is 2.34. The first-order chi connectivity index (χ1) is 14.7. The van der Waals surface area contributed by atoms with Gasteiger partial charge in [0.15, 0.2) is 6.61 Å². The first-order valence-corrected chi connectivity index (χ1v) is 9.63. The summed E-state index contributed by atoms with van der Waals surface area (Å²) in [7, 11) is 0. The Hall–Kier alpha value is -3.93. The van der Waals surface area contributed by atoms with Gasteiger partial charge in [-0.2, -0.15) is 4.98 Å².